The van der Waals surface area contributed by atoms with Crippen molar-refractivity contribution in [1.82, 2.24) is 9.88 Å². The number of aliphatic carboxylic acids is 1. The Morgan fingerprint density at radius 3 is 2.65 bits per heavy atom. The Morgan fingerprint density at radius 2 is 1.94 bits per heavy atom. The van der Waals surface area contributed by atoms with Gasteiger partial charge in [0, 0.05) is 18.0 Å². The number of hydrogen-bond donors (Lipinski definition) is 2. The van der Waals surface area contributed by atoms with Crippen LogP contribution in [0.25, 0.3) is 10.9 Å². The Morgan fingerprint density at radius 1 is 1.16 bits per heavy atom. The molecule has 0 unspecified atom stereocenters. The molecule has 3 aliphatic rings. The molecule has 2 heterocycles. The van der Waals surface area contributed by atoms with Gasteiger partial charge < -0.3 is 24.8 Å². The van der Waals surface area contributed by atoms with E-state index >= 15 is 0 Å². The second-order valence-electron chi connectivity index (χ2n) is 9.05. The third-order valence-electron chi connectivity index (χ3n) is 6.94. The van der Waals surface area contributed by atoms with Gasteiger partial charge in [-0.25, -0.2) is 9.78 Å². The first kappa shape index (κ1) is 20.4. The molecule has 0 amide bonds. The lowest BCUT2D eigenvalue weighted by Gasteiger charge is -2.19. The molecule has 0 spiro atoms. The van der Waals surface area contributed by atoms with Gasteiger partial charge in [0.1, 0.15) is 11.4 Å². The van der Waals surface area contributed by atoms with Gasteiger partial charge in [-0.1, -0.05) is 0 Å². The molecule has 166 valence electrons. The quantitative estimate of drug-likeness (QED) is 0.594. The minimum atomic E-state index is -0.849. The summed E-state index contributed by atoms with van der Waals surface area (Å²) in [5.74, 6) is 1.37. The zero-order chi connectivity index (χ0) is 21.4. The number of benzene rings is 1. The lowest BCUT2D eigenvalue weighted by molar-refractivity contribution is -0.138. The molecule has 0 bridgehead atoms. The Hall–Kier alpha value is -2.54. The van der Waals surface area contributed by atoms with Gasteiger partial charge in [-0.05, 0) is 81.6 Å². The molecule has 5 rings (SSSR count). The standard InChI is InChI=1S/C24H31N3O4/c1-30-20-14-18-16-6-4-7-17(16)22(26-24(8-9-24)23(28)29)25-19(18)15-21(20)31-13-5-12-27-10-2-3-11-27/h14-15H,2-13H2,1H3,(H,25,26)(H,28,29). The van der Waals surface area contributed by atoms with Crippen molar-refractivity contribution in [3.8, 4) is 11.5 Å². The summed E-state index contributed by atoms with van der Waals surface area (Å²) >= 11 is 0. The van der Waals surface area contributed by atoms with Crippen molar-refractivity contribution >= 4 is 22.7 Å². The van der Waals surface area contributed by atoms with E-state index in [1.807, 2.05) is 12.1 Å². The number of fused-ring (bicyclic) bond motifs is 3. The van der Waals surface area contributed by atoms with E-state index in [0.717, 1.165) is 60.3 Å². The molecule has 0 atom stereocenters. The highest BCUT2D eigenvalue weighted by molar-refractivity contribution is 5.91. The smallest absolute Gasteiger partial charge is 0.329 e. The van der Waals surface area contributed by atoms with E-state index in [1.165, 1.54) is 31.5 Å². The van der Waals surface area contributed by atoms with Crippen molar-refractivity contribution in [3.05, 3.63) is 23.3 Å². The highest BCUT2D eigenvalue weighted by Gasteiger charge is 2.51. The van der Waals surface area contributed by atoms with Gasteiger partial charge in [-0.15, -0.1) is 0 Å². The van der Waals surface area contributed by atoms with Gasteiger partial charge >= 0.3 is 5.97 Å². The van der Waals surface area contributed by atoms with E-state index < -0.39 is 11.5 Å². The van der Waals surface area contributed by atoms with Crippen molar-refractivity contribution in [2.24, 2.45) is 0 Å². The Labute approximate surface area is 182 Å². The van der Waals surface area contributed by atoms with Gasteiger partial charge in [0.25, 0.3) is 0 Å². The third kappa shape index (κ3) is 3.91. The number of pyridine rings is 1. The maximum Gasteiger partial charge on any atom is 0.329 e. The number of hydrogen-bond acceptors (Lipinski definition) is 6. The van der Waals surface area contributed by atoms with Crippen LogP contribution in [0.1, 0.15) is 49.7 Å². The Bertz CT molecular complexity index is 996. The lowest BCUT2D eigenvalue weighted by atomic mass is 10.0. The molecule has 7 nitrogen and oxygen atoms in total. The molecule has 2 aliphatic carbocycles. The van der Waals surface area contributed by atoms with Crippen LogP contribution in [0, 0.1) is 0 Å². The van der Waals surface area contributed by atoms with E-state index in [-0.39, 0.29) is 0 Å². The molecule has 1 aromatic carbocycles. The van der Waals surface area contributed by atoms with E-state index in [2.05, 4.69) is 10.2 Å². The summed E-state index contributed by atoms with van der Waals surface area (Å²) < 4.78 is 11.7. The highest BCUT2D eigenvalue weighted by atomic mass is 16.5. The minimum absolute atomic E-state index is 0.635. The molecule has 2 fully saturated rings. The number of rotatable bonds is 9. The van der Waals surface area contributed by atoms with Crippen molar-refractivity contribution in [3.63, 3.8) is 0 Å². The number of likely N-dealkylation sites (tertiary alicyclic amines) is 1. The lowest BCUT2D eigenvalue weighted by Crippen LogP contribution is -2.32. The second kappa shape index (κ2) is 8.19. The van der Waals surface area contributed by atoms with Crippen LogP contribution in [-0.2, 0) is 17.6 Å². The zero-order valence-electron chi connectivity index (χ0n) is 18.2. The molecule has 1 aromatic heterocycles. The average Bonchev–Trinajstić information content (AvgIpc) is 3.16. The molecular weight excluding hydrogens is 394 g/mol. The number of ether oxygens (including phenoxy) is 2. The second-order valence-corrected chi connectivity index (χ2v) is 9.05. The van der Waals surface area contributed by atoms with Gasteiger partial charge in [-0.3, -0.25) is 0 Å². The molecule has 31 heavy (non-hydrogen) atoms. The fourth-order valence-electron chi connectivity index (χ4n) is 4.97. The van der Waals surface area contributed by atoms with Crippen molar-refractivity contribution in [1.29, 1.82) is 0 Å². The SMILES string of the molecule is COc1cc2c3c(c(NC4(C(=O)O)CC4)nc2cc1OCCCN1CCCC1)CCC3. The predicted octanol–water partition coefficient (Wildman–Crippen LogP) is 3.63. The molecule has 1 aliphatic heterocycles. The number of carboxylic acids is 1. The molecule has 7 heteroatoms. The molecular formula is C24H31N3O4. The fourth-order valence-corrected chi connectivity index (χ4v) is 4.97. The number of aromatic nitrogens is 1. The maximum atomic E-state index is 11.7. The van der Waals surface area contributed by atoms with Crippen molar-refractivity contribution in [2.45, 2.75) is 56.9 Å². The zero-order valence-corrected chi connectivity index (χ0v) is 18.2. The topological polar surface area (TPSA) is 83.9 Å². The van der Waals surface area contributed by atoms with Gasteiger partial charge in [0.15, 0.2) is 11.5 Å². The summed E-state index contributed by atoms with van der Waals surface area (Å²) in [4.78, 5) is 19.1. The molecule has 2 aromatic rings. The molecule has 1 saturated heterocycles. The van der Waals surface area contributed by atoms with E-state index in [1.54, 1.807) is 7.11 Å². The van der Waals surface area contributed by atoms with Crippen LogP contribution in [0.4, 0.5) is 5.82 Å². The first-order valence-corrected chi connectivity index (χ1v) is 11.5. The number of carbonyl (C=O) groups is 1. The summed E-state index contributed by atoms with van der Waals surface area (Å²) in [6.45, 7) is 4.09. The molecule has 1 saturated carbocycles. The van der Waals surface area contributed by atoms with E-state index in [4.69, 9.17) is 14.5 Å². The van der Waals surface area contributed by atoms with Crippen molar-refractivity contribution < 1.29 is 19.4 Å². The number of nitrogens with zero attached hydrogens (tertiary/aromatic N) is 2. The van der Waals surface area contributed by atoms with E-state index in [0.29, 0.717) is 25.2 Å². The van der Waals surface area contributed by atoms with Crippen LogP contribution in [0.5, 0.6) is 11.5 Å². The predicted molar refractivity (Wildman–Crippen MR) is 119 cm³/mol. The fraction of sp³-hybridized carbons (Fsp3) is 0.583. The van der Waals surface area contributed by atoms with Crippen LogP contribution >= 0.6 is 0 Å². The van der Waals surface area contributed by atoms with Crippen LogP contribution in [0.15, 0.2) is 12.1 Å². The normalized spacial score (nSPS) is 19.4. The van der Waals surface area contributed by atoms with Crippen LogP contribution in [-0.4, -0.2) is 59.8 Å². The first-order chi connectivity index (χ1) is 15.1. The first-order valence-electron chi connectivity index (χ1n) is 11.5. The number of carboxylic acid groups (broad SMARTS) is 1. The summed E-state index contributed by atoms with van der Waals surface area (Å²) in [7, 11) is 1.67. The summed E-state index contributed by atoms with van der Waals surface area (Å²) in [5, 5.41) is 14.0. The van der Waals surface area contributed by atoms with Crippen LogP contribution in [0.3, 0.4) is 0 Å². The third-order valence-corrected chi connectivity index (χ3v) is 6.94. The van der Waals surface area contributed by atoms with Crippen LogP contribution in [0.2, 0.25) is 0 Å². The van der Waals surface area contributed by atoms with Gasteiger partial charge in [-0.2, -0.15) is 0 Å². The molecule has 0 radical (unpaired) electrons. The maximum absolute atomic E-state index is 11.7. The highest BCUT2D eigenvalue weighted by Crippen LogP contribution is 2.43. The summed E-state index contributed by atoms with van der Waals surface area (Å²) in [6.07, 6.45) is 7.82. The van der Waals surface area contributed by atoms with Gasteiger partial charge in [0.2, 0.25) is 0 Å². The monoisotopic (exact) mass is 425 g/mol. The number of nitrogens with one attached hydrogen (secondary N) is 1. The van der Waals surface area contributed by atoms with Crippen molar-refractivity contribution in [2.75, 3.05) is 38.7 Å². The molecule has 2 N–H and O–H groups in total. The summed E-state index contributed by atoms with van der Waals surface area (Å²) in [5.41, 5.74) is 2.40. The largest absolute Gasteiger partial charge is 0.493 e. The Kier molecular flexibility index (Phi) is 5.38. The Balaban J connectivity index is 1.41. The minimum Gasteiger partial charge on any atom is -0.493 e. The number of methoxy groups -OCH3 is 1. The number of aryl methyl sites for hydroxylation is 1. The van der Waals surface area contributed by atoms with E-state index in [9.17, 15) is 9.90 Å². The van der Waals surface area contributed by atoms with Gasteiger partial charge in [0.05, 0.1) is 19.2 Å². The van der Waals surface area contributed by atoms with Crippen LogP contribution < -0.4 is 14.8 Å². The average molecular weight is 426 g/mol. The number of anilines is 1. The summed E-state index contributed by atoms with van der Waals surface area (Å²) in [6, 6.07) is 3.99.